The van der Waals surface area contributed by atoms with Gasteiger partial charge in [-0.2, -0.15) is 0 Å². The molecule has 2 rings (SSSR count). The summed E-state index contributed by atoms with van der Waals surface area (Å²) in [5.74, 6) is 0.129. The number of likely N-dealkylation sites (N-methyl/N-ethyl adjacent to an activating group) is 1. The summed E-state index contributed by atoms with van der Waals surface area (Å²) in [5.41, 5.74) is 0.836. The number of halogens is 2. The molecule has 1 saturated heterocycles. The van der Waals surface area contributed by atoms with Crippen molar-refractivity contribution < 1.29 is 4.79 Å². The van der Waals surface area contributed by atoms with E-state index in [-0.39, 0.29) is 5.91 Å². The molecule has 0 aromatic heterocycles. The maximum atomic E-state index is 12.3. The predicted molar refractivity (Wildman–Crippen MR) is 78.8 cm³/mol. The molecule has 0 bridgehead atoms. The lowest BCUT2D eigenvalue weighted by molar-refractivity contribution is -0.131. The van der Waals surface area contributed by atoms with Gasteiger partial charge in [0.1, 0.15) is 0 Å². The van der Waals surface area contributed by atoms with Gasteiger partial charge in [0, 0.05) is 29.2 Å². The van der Waals surface area contributed by atoms with Crippen LogP contribution < -0.4 is 5.32 Å². The number of rotatable bonds is 3. The van der Waals surface area contributed by atoms with Gasteiger partial charge in [0.15, 0.2) is 0 Å². The number of nitrogens with one attached hydrogen (secondary N) is 1. The molecule has 104 valence electrons. The molecule has 0 aliphatic carbocycles. The minimum Gasteiger partial charge on any atom is -0.341 e. The lowest BCUT2D eigenvalue weighted by Crippen LogP contribution is -2.47. The van der Waals surface area contributed by atoms with Crippen molar-refractivity contribution in [2.45, 2.75) is 25.3 Å². The Balaban J connectivity index is 2.00. The highest BCUT2D eigenvalue weighted by molar-refractivity contribution is 6.35. The SMILES string of the molecule is CNC1CCCN(C(=O)Cc2ccc(Cl)cc2Cl)C1. The molecule has 1 heterocycles. The fourth-order valence-corrected chi connectivity index (χ4v) is 2.85. The van der Waals surface area contributed by atoms with Gasteiger partial charge < -0.3 is 10.2 Å². The number of hydrogen-bond donors (Lipinski definition) is 1. The molecule has 1 aliphatic rings. The molecule has 1 aliphatic heterocycles. The summed E-state index contributed by atoms with van der Waals surface area (Å²) in [4.78, 5) is 14.2. The molecule has 1 aromatic carbocycles. The molecule has 1 N–H and O–H groups in total. The van der Waals surface area contributed by atoms with Crippen molar-refractivity contribution >= 4 is 29.1 Å². The molecule has 19 heavy (non-hydrogen) atoms. The Hall–Kier alpha value is -0.770. The van der Waals surface area contributed by atoms with Crippen LogP contribution in [0.1, 0.15) is 18.4 Å². The van der Waals surface area contributed by atoms with Gasteiger partial charge in [-0.25, -0.2) is 0 Å². The van der Waals surface area contributed by atoms with Crippen molar-refractivity contribution in [1.82, 2.24) is 10.2 Å². The molecule has 3 nitrogen and oxygen atoms in total. The van der Waals surface area contributed by atoms with Gasteiger partial charge in [-0.1, -0.05) is 29.3 Å². The van der Waals surface area contributed by atoms with Crippen LogP contribution in [0.3, 0.4) is 0 Å². The minimum absolute atomic E-state index is 0.129. The van der Waals surface area contributed by atoms with Crippen LogP contribution >= 0.6 is 23.2 Å². The van der Waals surface area contributed by atoms with E-state index >= 15 is 0 Å². The van der Waals surface area contributed by atoms with Crippen LogP contribution in [0.15, 0.2) is 18.2 Å². The van der Waals surface area contributed by atoms with Crippen molar-refractivity contribution in [3.8, 4) is 0 Å². The van der Waals surface area contributed by atoms with E-state index in [1.807, 2.05) is 18.0 Å². The average molecular weight is 301 g/mol. The normalized spacial score (nSPS) is 19.5. The third-order valence-corrected chi connectivity index (χ3v) is 4.13. The maximum absolute atomic E-state index is 12.3. The molecular weight excluding hydrogens is 283 g/mol. The Morgan fingerprint density at radius 1 is 1.47 bits per heavy atom. The summed E-state index contributed by atoms with van der Waals surface area (Å²) in [7, 11) is 1.94. The summed E-state index contributed by atoms with van der Waals surface area (Å²) in [6.07, 6.45) is 2.51. The topological polar surface area (TPSA) is 32.3 Å². The third-order valence-electron chi connectivity index (χ3n) is 3.54. The number of likely N-dealkylation sites (tertiary alicyclic amines) is 1. The van der Waals surface area contributed by atoms with E-state index in [9.17, 15) is 4.79 Å². The second-order valence-corrected chi connectivity index (χ2v) is 5.72. The first kappa shape index (κ1) is 14.6. The van der Waals surface area contributed by atoms with E-state index in [2.05, 4.69) is 5.32 Å². The van der Waals surface area contributed by atoms with Gasteiger partial charge in [-0.05, 0) is 37.6 Å². The van der Waals surface area contributed by atoms with Gasteiger partial charge in [-0.3, -0.25) is 4.79 Å². The Labute approximate surface area is 123 Å². The molecule has 1 atom stereocenters. The first-order chi connectivity index (χ1) is 9.10. The van der Waals surface area contributed by atoms with Crippen LogP contribution in [0.5, 0.6) is 0 Å². The highest BCUT2D eigenvalue weighted by Gasteiger charge is 2.22. The van der Waals surface area contributed by atoms with Crippen LogP contribution in [0.4, 0.5) is 0 Å². The standard InChI is InChI=1S/C14H18Cl2N2O/c1-17-12-3-2-6-18(9-12)14(19)7-10-4-5-11(15)8-13(10)16/h4-5,8,12,17H,2-3,6-7,9H2,1H3. The van der Waals surface area contributed by atoms with E-state index in [1.165, 1.54) is 0 Å². The number of hydrogen-bond acceptors (Lipinski definition) is 2. The van der Waals surface area contributed by atoms with Gasteiger partial charge in [-0.15, -0.1) is 0 Å². The second kappa shape index (κ2) is 6.60. The monoisotopic (exact) mass is 300 g/mol. The lowest BCUT2D eigenvalue weighted by atomic mass is 10.0. The van der Waals surface area contributed by atoms with Crippen molar-refractivity contribution in [3.63, 3.8) is 0 Å². The Morgan fingerprint density at radius 3 is 2.95 bits per heavy atom. The molecule has 0 spiro atoms. The highest BCUT2D eigenvalue weighted by atomic mass is 35.5. The van der Waals surface area contributed by atoms with Crippen molar-refractivity contribution in [2.75, 3.05) is 20.1 Å². The molecule has 5 heteroatoms. The number of amides is 1. The van der Waals surface area contributed by atoms with Crippen molar-refractivity contribution in [2.24, 2.45) is 0 Å². The molecule has 1 aromatic rings. The summed E-state index contributed by atoms with van der Waals surface area (Å²) >= 11 is 12.0. The Morgan fingerprint density at radius 2 is 2.26 bits per heavy atom. The molecular formula is C14H18Cl2N2O. The number of carbonyl (C=O) groups is 1. The summed E-state index contributed by atoms with van der Waals surface area (Å²) in [6, 6.07) is 5.67. The molecule has 0 radical (unpaired) electrons. The smallest absolute Gasteiger partial charge is 0.227 e. The van der Waals surface area contributed by atoms with Gasteiger partial charge in [0.05, 0.1) is 6.42 Å². The van der Waals surface area contributed by atoms with Crippen LogP contribution in [0, 0.1) is 0 Å². The van der Waals surface area contributed by atoms with Crippen molar-refractivity contribution in [3.05, 3.63) is 33.8 Å². The van der Waals surface area contributed by atoms with E-state index in [4.69, 9.17) is 23.2 Å². The maximum Gasteiger partial charge on any atom is 0.227 e. The van der Waals surface area contributed by atoms with Crippen LogP contribution in [-0.4, -0.2) is 37.0 Å². The predicted octanol–water partition coefficient (Wildman–Crippen LogP) is 2.75. The third kappa shape index (κ3) is 3.85. The van der Waals surface area contributed by atoms with E-state index in [0.29, 0.717) is 22.5 Å². The highest BCUT2D eigenvalue weighted by Crippen LogP contribution is 2.22. The Kier molecular flexibility index (Phi) is 5.08. The van der Waals surface area contributed by atoms with E-state index < -0.39 is 0 Å². The average Bonchev–Trinajstić information content (AvgIpc) is 2.42. The Bertz CT molecular complexity index is 465. The fraction of sp³-hybridized carbons (Fsp3) is 0.500. The van der Waals surface area contributed by atoms with E-state index in [1.54, 1.807) is 12.1 Å². The number of nitrogens with zero attached hydrogens (tertiary/aromatic N) is 1. The number of carbonyl (C=O) groups excluding carboxylic acids is 1. The first-order valence-corrected chi connectivity index (χ1v) is 7.24. The minimum atomic E-state index is 0.129. The van der Waals surface area contributed by atoms with Gasteiger partial charge >= 0.3 is 0 Å². The van der Waals surface area contributed by atoms with E-state index in [0.717, 1.165) is 31.5 Å². The zero-order valence-corrected chi connectivity index (χ0v) is 12.5. The molecule has 1 unspecified atom stereocenters. The number of benzene rings is 1. The number of piperidine rings is 1. The van der Waals surface area contributed by atoms with Gasteiger partial charge in [0.2, 0.25) is 5.91 Å². The van der Waals surface area contributed by atoms with Crippen LogP contribution in [0.2, 0.25) is 10.0 Å². The van der Waals surface area contributed by atoms with Crippen LogP contribution in [-0.2, 0) is 11.2 Å². The first-order valence-electron chi connectivity index (χ1n) is 6.49. The summed E-state index contributed by atoms with van der Waals surface area (Å²) in [5, 5.41) is 4.38. The molecule has 1 fully saturated rings. The van der Waals surface area contributed by atoms with Crippen molar-refractivity contribution in [1.29, 1.82) is 0 Å². The van der Waals surface area contributed by atoms with Gasteiger partial charge in [0.25, 0.3) is 0 Å². The summed E-state index contributed by atoms with van der Waals surface area (Å²) in [6.45, 7) is 1.61. The quantitative estimate of drug-likeness (QED) is 0.931. The zero-order chi connectivity index (χ0) is 13.8. The fourth-order valence-electron chi connectivity index (χ4n) is 2.38. The lowest BCUT2D eigenvalue weighted by Gasteiger charge is -2.32. The molecule has 1 amide bonds. The second-order valence-electron chi connectivity index (χ2n) is 4.88. The summed E-state index contributed by atoms with van der Waals surface area (Å²) < 4.78 is 0. The largest absolute Gasteiger partial charge is 0.341 e. The molecule has 0 saturated carbocycles. The zero-order valence-electron chi connectivity index (χ0n) is 11.0. The van der Waals surface area contributed by atoms with Crippen LogP contribution in [0.25, 0.3) is 0 Å².